The van der Waals surface area contributed by atoms with E-state index in [9.17, 15) is 9.59 Å². The molecule has 1 aromatic rings. The minimum Gasteiger partial charge on any atom is -0.444 e. The van der Waals surface area contributed by atoms with Crippen molar-refractivity contribution in [3.8, 4) is 0 Å². The van der Waals surface area contributed by atoms with Crippen molar-refractivity contribution in [2.24, 2.45) is 0 Å². The lowest BCUT2D eigenvalue weighted by Gasteiger charge is -2.29. The molecule has 0 fully saturated rings. The van der Waals surface area contributed by atoms with Gasteiger partial charge in [-0.1, -0.05) is 0 Å². The molecule has 0 bridgehead atoms. The van der Waals surface area contributed by atoms with E-state index in [2.05, 4.69) is 5.10 Å². The molecule has 0 spiro atoms. The number of carbonyl (C=O) groups excluding carboxylic acids is 2. The van der Waals surface area contributed by atoms with Gasteiger partial charge in [-0.25, -0.2) is 4.79 Å². The van der Waals surface area contributed by atoms with Gasteiger partial charge in [0.25, 0.3) is 0 Å². The Hall–Kier alpha value is -1.89. The number of aliphatic hydroxyl groups excluding tert-OH is 1. The van der Waals surface area contributed by atoms with E-state index < -0.39 is 11.7 Å². The number of amides is 1. The first-order valence-electron chi connectivity index (χ1n) is 6.48. The molecular weight excluding hydrogens is 262 g/mol. The molecule has 2 heterocycles. The molecule has 1 aliphatic heterocycles. The Bertz CT molecular complexity index is 530. The van der Waals surface area contributed by atoms with Crippen LogP contribution in [-0.2, 0) is 17.8 Å². The molecule has 2 rings (SSSR count). The zero-order chi connectivity index (χ0) is 14.9. The van der Waals surface area contributed by atoms with Gasteiger partial charge >= 0.3 is 6.09 Å². The molecule has 1 aliphatic rings. The second kappa shape index (κ2) is 5.24. The number of ketones is 1. The topological polar surface area (TPSA) is 84.7 Å². The minimum absolute atomic E-state index is 0.00721. The third kappa shape index (κ3) is 2.98. The molecule has 20 heavy (non-hydrogen) atoms. The average Bonchev–Trinajstić information content (AvgIpc) is 2.71. The number of carbonyl (C=O) groups is 2. The molecule has 0 saturated heterocycles. The van der Waals surface area contributed by atoms with E-state index in [4.69, 9.17) is 9.84 Å². The van der Waals surface area contributed by atoms with Crippen LogP contribution in [0, 0.1) is 0 Å². The average molecular weight is 281 g/mol. The van der Waals surface area contributed by atoms with Crippen LogP contribution >= 0.6 is 0 Å². The summed E-state index contributed by atoms with van der Waals surface area (Å²) >= 11 is 0. The molecule has 0 radical (unpaired) electrons. The second-order valence-corrected chi connectivity index (χ2v) is 5.71. The summed E-state index contributed by atoms with van der Waals surface area (Å²) in [5, 5.41) is 13.0. The molecule has 0 aliphatic carbocycles. The molecule has 7 nitrogen and oxygen atoms in total. The summed E-state index contributed by atoms with van der Waals surface area (Å²) in [4.78, 5) is 25.4. The number of hydrogen-bond acceptors (Lipinski definition) is 5. The monoisotopic (exact) mass is 281 g/mol. The quantitative estimate of drug-likeness (QED) is 0.867. The van der Waals surface area contributed by atoms with E-state index in [0.717, 1.165) is 0 Å². The van der Waals surface area contributed by atoms with E-state index in [1.807, 2.05) is 0 Å². The first kappa shape index (κ1) is 14.5. The number of aromatic nitrogens is 2. The molecule has 0 unspecified atom stereocenters. The van der Waals surface area contributed by atoms with Gasteiger partial charge in [-0.15, -0.1) is 0 Å². The molecule has 1 amide bonds. The van der Waals surface area contributed by atoms with Crippen LogP contribution in [0.3, 0.4) is 0 Å². The summed E-state index contributed by atoms with van der Waals surface area (Å²) in [7, 11) is 0. The van der Waals surface area contributed by atoms with Crippen LogP contribution in [-0.4, -0.2) is 50.4 Å². The maximum Gasteiger partial charge on any atom is 0.411 e. The largest absolute Gasteiger partial charge is 0.444 e. The summed E-state index contributed by atoms with van der Waals surface area (Å²) in [5.41, 5.74) is 0.547. The van der Waals surface area contributed by atoms with Crippen LogP contribution in [0.25, 0.3) is 0 Å². The number of aliphatic hydroxyl groups is 1. The van der Waals surface area contributed by atoms with Gasteiger partial charge in [-0.2, -0.15) is 5.10 Å². The molecule has 1 N–H and O–H groups in total. The van der Waals surface area contributed by atoms with Gasteiger partial charge in [0, 0.05) is 0 Å². The highest BCUT2D eigenvalue weighted by atomic mass is 16.6. The number of Topliss-reactive ketones (excluding diaryl/α,β-unsaturated/α-hetero) is 1. The van der Waals surface area contributed by atoms with Crippen LogP contribution in [0.2, 0.25) is 0 Å². The summed E-state index contributed by atoms with van der Waals surface area (Å²) in [6, 6.07) is 0. The first-order valence-corrected chi connectivity index (χ1v) is 6.48. The van der Waals surface area contributed by atoms with Gasteiger partial charge in [0.2, 0.25) is 0 Å². The highest BCUT2D eigenvalue weighted by Crippen LogP contribution is 2.21. The van der Waals surface area contributed by atoms with Crippen LogP contribution in [0.1, 0.15) is 36.8 Å². The summed E-state index contributed by atoms with van der Waals surface area (Å²) in [6.45, 7) is 5.80. The van der Waals surface area contributed by atoms with Crippen molar-refractivity contribution >= 4 is 11.9 Å². The fraction of sp³-hybridized carbons (Fsp3) is 0.615. The SMILES string of the molecule is CC(C)(C)OC(=O)N1CC(=O)c2cnn(CCO)c2C1. The van der Waals surface area contributed by atoms with Crippen LogP contribution < -0.4 is 0 Å². The fourth-order valence-corrected chi connectivity index (χ4v) is 2.05. The summed E-state index contributed by atoms with van der Waals surface area (Å²) in [6.07, 6.45) is 0.966. The van der Waals surface area contributed by atoms with Crippen molar-refractivity contribution in [2.75, 3.05) is 13.2 Å². The maximum absolute atomic E-state index is 12.0. The molecule has 0 atom stereocenters. The third-order valence-electron chi connectivity index (χ3n) is 2.89. The number of hydrogen-bond donors (Lipinski definition) is 1. The van der Waals surface area contributed by atoms with Crippen molar-refractivity contribution in [2.45, 2.75) is 39.5 Å². The van der Waals surface area contributed by atoms with Crippen LogP contribution in [0.5, 0.6) is 0 Å². The van der Waals surface area contributed by atoms with Crippen molar-refractivity contribution < 1.29 is 19.4 Å². The second-order valence-electron chi connectivity index (χ2n) is 5.71. The Labute approximate surface area is 117 Å². The Kier molecular flexibility index (Phi) is 3.80. The number of ether oxygens (including phenoxy) is 1. The van der Waals surface area contributed by atoms with Gasteiger partial charge in [0.15, 0.2) is 5.78 Å². The normalized spacial score (nSPS) is 15.2. The van der Waals surface area contributed by atoms with Crippen LogP contribution in [0.15, 0.2) is 6.20 Å². The lowest BCUT2D eigenvalue weighted by Crippen LogP contribution is -2.42. The van der Waals surface area contributed by atoms with E-state index in [1.165, 1.54) is 11.1 Å². The maximum atomic E-state index is 12.0. The van der Waals surface area contributed by atoms with Gasteiger partial charge in [-0.05, 0) is 20.8 Å². The van der Waals surface area contributed by atoms with E-state index in [0.29, 0.717) is 17.8 Å². The number of rotatable bonds is 2. The minimum atomic E-state index is -0.605. The molecule has 110 valence electrons. The smallest absolute Gasteiger partial charge is 0.411 e. The lowest BCUT2D eigenvalue weighted by molar-refractivity contribution is 0.0215. The van der Waals surface area contributed by atoms with Crippen LogP contribution in [0.4, 0.5) is 4.79 Å². The molecule has 0 saturated carbocycles. The molecular formula is C13H19N3O4. The van der Waals surface area contributed by atoms with Crippen molar-refractivity contribution in [1.29, 1.82) is 0 Å². The zero-order valence-electron chi connectivity index (χ0n) is 11.9. The lowest BCUT2D eigenvalue weighted by atomic mass is 10.1. The number of fused-ring (bicyclic) bond motifs is 1. The van der Waals surface area contributed by atoms with Gasteiger partial charge in [0.05, 0.1) is 43.7 Å². The van der Waals surface area contributed by atoms with Gasteiger partial charge < -0.3 is 9.84 Å². The molecule has 7 heteroatoms. The van der Waals surface area contributed by atoms with Gasteiger partial charge in [0.1, 0.15) is 5.60 Å². The fourth-order valence-electron chi connectivity index (χ4n) is 2.05. The van der Waals surface area contributed by atoms with Gasteiger partial charge in [-0.3, -0.25) is 14.4 Å². The van der Waals surface area contributed by atoms with E-state index in [-0.39, 0.29) is 25.5 Å². The predicted molar refractivity (Wildman–Crippen MR) is 70.3 cm³/mol. The highest BCUT2D eigenvalue weighted by Gasteiger charge is 2.32. The van der Waals surface area contributed by atoms with E-state index in [1.54, 1.807) is 25.5 Å². The summed E-state index contributed by atoms with van der Waals surface area (Å²) in [5.74, 6) is -0.165. The number of nitrogens with zero attached hydrogens (tertiary/aromatic N) is 3. The molecule has 1 aromatic heterocycles. The third-order valence-corrected chi connectivity index (χ3v) is 2.89. The Balaban J connectivity index is 2.19. The Morgan fingerprint density at radius 1 is 1.45 bits per heavy atom. The van der Waals surface area contributed by atoms with Crippen molar-refractivity contribution in [3.05, 3.63) is 17.5 Å². The Morgan fingerprint density at radius 2 is 2.15 bits per heavy atom. The zero-order valence-corrected chi connectivity index (χ0v) is 11.9. The standard InChI is InChI=1S/C13H19N3O4/c1-13(2,3)20-12(19)15-7-10-9(11(18)8-15)6-14-16(10)4-5-17/h6,17H,4-5,7-8H2,1-3H3. The van der Waals surface area contributed by atoms with Crippen molar-refractivity contribution in [3.63, 3.8) is 0 Å². The predicted octanol–water partition coefficient (Wildman–Crippen LogP) is 0.809. The summed E-state index contributed by atoms with van der Waals surface area (Å²) < 4.78 is 6.82. The highest BCUT2D eigenvalue weighted by molar-refractivity contribution is 6.00. The van der Waals surface area contributed by atoms with E-state index >= 15 is 0 Å². The molecule has 0 aromatic carbocycles. The first-order chi connectivity index (χ1) is 9.31. The Morgan fingerprint density at radius 3 is 2.75 bits per heavy atom. The van der Waals surface area contributed by atoms with Crippen molar-refractivity contribution in [1.82, 2.24) is 14.7 Å².